The van der Waals surface area contributed by atoms with Gasteiger partial charge in [0.25, 0.3) is 5.91 Å². The summed E-state index contributed by atoms with van der Waals surface area (Å²) in [5.74, 6) is 0.500. The molecular weight excluding hydrogens is 410 g/mol. The van der Waals surface area contributed by atoms with Crippen LogP contribution in [-0.4, -0.2) is 54.6 Å². The number of aromatic nitrogens is 1. The van der Waals surface area contributed by atoms with E-state index in [2.05, 4.69) is 63.5 Å². The van der Waals surface area contributed by atoms with Crippen LogP contribution in [0.15, 0.2) is 54.7 Å². The second-order valence-electron chi connectivity index (χ2n) is 9.54. The summed E-state index contributed by atoms with van der Waals surface area (Å²) < 4.78 is 0. The number of nitrogen functional groups attached to an aromatic ring is 1. The lowest BCUT2D eigenvalue weighted by Crippen LogP contribution is -2.51. The number of rotatable bonds is 3. The number of nitrogens with zero attached hydrogens (tertiary/aromatic N) is 3. The molecule has 3 N–H and O–H groups in total. The van der Waals surface area contributed by atoms with Gasteiger partial charge in [0, 0.05) is 60.3 Å². The molecule has 1 amide bonds. The average Bonchev–Trinajstić information content (AvgIpc) is 3.04. The number of anilines is 2. The van der Waals surface area contributed by atoms with E-state index in [0.717, 1.165) is 52.9 Å². The van der Waals surface area contributed by atoms with Crippen molar-refractivity contribution in [1.29, 1.82) is 0 Å². The lowest BCUT2D eigenvalue weighted by molar-refractivity contribution is 0.0946. The Bertz CT molecular complexity index is 1210. The molecule has 2 atom stereocenters. The molecule has 2 bridgehead atoms. The quantitative estimate of drug-likeness (QED) is 0.653. The number of hydrogen-bond acceptors (Lipinski definition) is 5. The van der Waals surface area contributed by atoms with Crippen molar-refractivity contribution in [2.75, 3.05) is 37.3 Å². The third kappa shape index (κ3) is 3.55. The standard InChI is InChI=1S/C27H29N5O/c1-31-22-7-8-23(31)16-32(15-22)21-5-2-17(3-6-21)20-13-25(26(28)30-14-20)18-4-9-24-19(12-18)10-11-29-27(24)33/h2-6,9,12-14,22-23H,7-8,10-11,15-16H2,1H3,(H2,28,30)(H,29,33)/t22-,23+. The minimum Gasteiger partial charge on any atom is -0.383 e. The Hall–Kier alpha value is -3.38. The van der Waals surface area contributed by atoms with Crippen molar-refractivity contribution in [3.63, 3.8) is 0 Å². The minimum absolute atomic E-state index is 0.00362. The molecule has 6 heteroatoms. The topological polar surface area (TPSA) is 74.5 Å². The van der Waals surface area contributed by atoms with Gasteiger partial charge in [-0.15, -0.1) is 0 Å². The number of pyridine rings is 1. The fourth-order valence-electron chi connectivity index (χ4n) is 5.65. The van der Waals surface area contributed by atoms with Crippen LogP contribution in [0.1, 0.15) is 28.8 Å². The highest BCUT2D eigenvalue weighted by atomic mass is 16.1. The predicted octanol–water partition coefficient (Wildman–Crippen LogP) is 3.57. The molecule has 0 spiro atoms. The van der Waals surface area contributed by atoms with Gasteiger partial charge in [0.05, 0.1) is 0 Å². The van der Waals surface area contributed by atoms with Gasteiger partial charge in [-0.25, -0.2) is 4.98 Å². The van der Waals surface area contributed by atoms with Crippen LogP contribution < -0.4 is 16.0 Å². The second-order valence-corrected chi connectivity index (χ2v) is 9.54. The first-order valence-electron chi connectivity index (χ1n) is 11.8. The average molecular weight is 440 g/mol. The third-order valence-corrected chi connectivity index (χ3v) is 7.67. The lowest BCUT2D eigenvalue weighted by atomic mass is 9.94. The molecule has 1 aromatic heterocycles. The summed E-state index contributed by atoms with van der Waals surface area (Å²) in [5, 5.41) is 2.90. The molecule has 168 valence electrons. The zero-order chi connectivity index (χ0) is 22.5. The fraction of sp³-hybridized carbons (Fsp3) is 0.333. The van der Waals surface area contributed by atoms with E-state index in [1.165, 1.54) is 18.5 Å². The first kappa shape index (κ1) is 20.2. The molecule has 2 aromatic carbocycles. The first-order valence-corrected chi connectivity index (χ1v) is 11.8. The Labute approximate surface area is 194 Å². The van der Waals surface area contributed by atoms with Crippen molar-refractivity contribution in [2.45, 2.75) is 31.3 Å². The highest BCUT2D eigenvalue weighted by Gasteiger charge is 2.37. The van der Waals surface area contributed by atoms with Crippen molar-refractivity contribution in [3.8, 4) is 22.3 Å². The van der Waals surface area contributed by atoms with Crippen molar-refractivity contribution < 1.29 is 4.79 Å². The number of carbonyl (C=O) groups excluding carboxylic acids is 1. The van der Waals surface area contributed by atoms with Crippen molar-refractivity contribution in [2.24, 2.45) is 0 Å². The number of carbonyl (C=O) groups is 1. The van der Waals surface area contributed by atoms with E-state index in [-0.39, 0.29) is 5.91 Å². The summed E-state index contributed by atoms with van der Waals surface area (Å²) in [6.45, 7) is 2.89. The van der Waals surface area contributed by atoms with Gasteiger partial charge in [-0.1, -0.05) is 24.3 Å². The van der Waals surface area contributed by atoms with Gasteiger partial charge < -0.3 is 16.0 Å². The molecule has 3 aromatic rings. The third-order valence-electron chi connectivity index (χ3n) is 7.67. The van der Waals surface area contributed by atoms with E-state index < -0.39 is 0 Å². The maximum Gasteiger partial charge on any atom is 0.251 e. The van der Waals surface area contributed by atoms with Crippen LogP contribution in [0.25, 0.3) is 22.3 Å². The zero-order valence-electron chi connectivity index (χ0n) is 18.9. The Morgan fingerprint density at radius 1 is 0.939 bits per heavy atom. The lowest BCUT2D eigenvalue weighted by Gasteiger charge is -2.40. The molecular formula is C27H29N5O. The van der Waals surface area contributed by atoms with Gasteiger partial charge >= 0.3 is 0 Å². The summed E-state index contributed by atoms with van der Waals surface area (Å²) in [6.07, 6.45) is 5.29. The SMILES string of the molecule is CN1[C@@H]2CC[C@H]1CN(c1ccc(-c3cnc(N)c(-c4ccc5c(c4)CCNC5=O)c3)cc1)C2. The number of fused-ring (bicyclic) bond motifs is 3. The number of piperazine rings is 1. The van der Waals surface area contributed by atoms with Crippen LogP contribution in [0.2, 0.25) is 0 Å². The smallest absolute Gasteiger partial charge is 0.251 e. The van der Waals surface area contributed by atoms with Gasteiger partial charge in [-0.05, 0) is 67.3 Å². The van der Waals surface area contributed by atoms with E-state index >= 15 is 0 Å². The first-order chi connectivity index (χ1) is 16.1. The molecule has 0 radical (unpaired) electrons. The number of likely N-dealkylation sites (N-methyl/N-ethyl adjacent to an activating group) is 1. The van der Waals surface area contributed by atoms with Crippen LogP contribution in [0.4, 0.5) is 11.5 Å². The van der Waals surface area contributed by atoms with Gasteiger partial charge in [-0.3, -0.25) is 9.69 Å². The molecule has 0 aliphatic carbocycles. The minimum atomic E-state index is -0.00362. The number of hydrogen-bond donors (Lipinski definition) is 2. The summed E-state index contributed by atoms with van der Waals surface area (Å²) in [6, 6.07) is 18.2. The van der Waals surface area contributed by atoms with E-state index in [0.29, 0.717) is 24.4 Å². The number of amides is 1. The van der Waals surface area contributed by atoms with E-state index in [1.54, 1.807) is 0 Å². The second kappa shape index (κ2) is 7.89. The highest BCUT2D eigenvalue weighted by molar-refractivity contribution is 5.97. The summed E-state index contributed by atoms with van der Waals surface area (Å²) in [4.78, 5) is 21.7. The molecule has 33 heavy (non-hydrogen) atoms. The van der Waals surface area contributed by atoms with Crippen LogP contribution >= 0.6 is 0 Å². The summed E-state index contributed by atoms with van der Waals surface area (Å²) >= 11 is 0. The largest absolute Gasteiger partial charge is 0.383 e. The van der Waals surface area contributed by atoms with Crippen LogP contribution in [-0.2, 0) is 6.42 Å². The normalized spacial score (nSPS) is 22.2. The number of nitrogens with two attached hydrogens (primary N) is 1. The van der Waals surface area contributed by atoms with Gasteiger partial charge in [0.1, 0.15) is 5.82 Å². The van der Waals surface area contributed by atoms with Crippen molar-refractivity contribution in [3.05, 3.63) is 65.9 Å². The summed E-state index contributed by atoms with van der Waals surface area (Å²) in [7, 11) is 2.27. The molecule has 0 unspecified atom stereocenters. The molecule has 3 aliphatic rings. The number of benzene rings is 2. The van der Waals surface area contributed by atoms with Crippen molar-refractivity contribution in [1.82, 2.24) is 15.2 Å². The van der Waals surface area contributed by atoms with Crippen LogP contribution in [0.5, 0.6) is 0 Å². The van der Waals surface area contributed by atoms with E-state index in [1.807, 2.05) is 18.3 Å². The van der Waals surface area contributed by atoms with Gasteiger partial charge in [0.15, 0.2) is 0 Å². The molecule has 0 saturated carbocycles. The molecule has 2 fully saturated rings. The molecule has 6 nitrogen and oxygen atoms in total. The van der Waals surface area contributed by atoms with E-state index in [4.69, 9.17) is 5.73 Å². The fourth-order valence-corrected chi connectivity index (χ4v) is 5.65. The van der Waals surface area contributed by atoms with Gasteiger partial charge in [0.2, 0.25) is 0 Å². The Balaban J connectivity index is 1.28. The Morgan fingerprint density at radius 3 is 2.42 bits per heavy atom. The molecule has 2 saturated heterocycles. The molecule has 6 rings (SSSR count). The molecule has 4 heterocycles. The van der Waals surface area contributed by atoms with Gasteiger partial charge in [-0.2, -0.15) is 0 Å². The molecule has 3 aliphatic heterocycles. The van der Waals surface area contributed by atoms with Crippen molar-refractivity contribution >= 4 is 17.4 Å². The zero-order valence-corrected chi connectivity index (χ0v) is 18.9. The monoisotopic (exact) mass is 439 g/mol. The van der Waals surface area contributed by atoms with E-state index in [9.17, 15) is 4.79 Å². The van der Waals surface area contributed by atoms with Crippen LogP contribution in [0.3, 0.4) is 0 Å². The Kier molecular flexibility index (Phi) is 4.84. The number of nitrogens with one attached hydrogen (secondary N) is 1. The predicted molar refractivity (Wildman–Crippen MR) is 132 cm³/mol. The maximum absolute atomic E-state index is 12.1. The highest BCUT2D eigenvalue weighted by Crippen LogP contribution is 2.34. The summed E-state index contributed by atoms with van der Waals surface area (Å²) in [5.41, 5.74) is 13.4. The van der Waals surface area contributed by atoms with Crippen LogP contribution in [0, 0.1) is 0 Å². The Morgan fingerprint density at radius 2 is 1.67 bits per heavy atom. The maximum atomic E-state index is 12.1.